The molecule has 12 heavy (non-hydrogen) atoms. The zero-order valence-electron chi connectivity index (χ0n) is 8.98. The van der Waals surface area contributed by atoms with E-state index < -0.39 is 0 Å². The summed E-state index contributed by atoms with van der Waals surface area (Å²) in [6, 6.07) is 0. The standard InChI is InChI=1S/C12H22/c1-5-9-8-10-6-7-12(9,4)11(10,2)3/h9-10H,5-8H2,1-4H3/t9?,10-,12-/m1/s1. The zero-order valence-corrected chi connectivity index (χ0v) is 8.98. The molecule has 0 saturated heterocycles. The molecule has 0 aliphatic heterocycles. The molecule has 0 radical (unpaired) electrons. The summed E-state index contributed by atoms with van der Waals surface area (Å²) in [5.74, 6) is 2.05. The number of fused-ring (bicyclic) bond motifs is 2. The number of hydrogen-bond acceptors (Lipinski definition) is 0. The van der Waals surface area contributed by atoms with Crippen LogP contribution in [0.2, 0.25) is 0 Å². The predicted molar refractivity (Wildman–Crippen MR) is 53.0 cm³/mol. The highest BCUT2D eigenvalue weighted by Gasteiger charge is 2.60. The van der Waals surface area contributed by atoms with Gasteiger partial charge in [-0.25, -0.2) is 0 Å². The second-order valence-corrected chi connectivity index (χ2v) is 5.72. The molecule has 0 spiro atoms. The molecule has 0 aromatic rings. The van der Waals surface area contributed by atoms with E-state index in [9.17, 15) is 0 Å². The minimum atomic E-state index is 0.633. The molecule has 0 aromatic heterocycles. The van der Waals surface area contributed by atoms with Crippen LogP contribution in [-0.4, -0.2) is 0 Å². The van der Waals surface area contributed by atoms with Gasteiger partial charge in [-0.05, 0) is 41.9 Å². The maximum absolute atomic E-state index is 2.54. The van der Waals surface area contributed by atoms with Crippen LogP contribution in [0.1, 0.15) is 53.4 Å². The van der Waals surface area contributed by atoms with Gasteiger partial charge in [0.15, 0.2) is 0 Å². The Morgan fingerprint density at radius 1 is 1.25 bits per heavy atom. The molecule has 0 N–H and O–H groups in total. The summed E-state index contributed by atoms with van der Waals surface area (Å²) >= 11 is 0. The normalized spacial score (nSPS) is 50.0. The first-order valence-electron chi connectivity index (χ1n) is 5.52. The van der Waals surface area contributed by atoms with E-state index in [1.54, 1.807) is 0 Å². The van der Waals surface area contributed by atoms with Crippen molar-refractivity contribution in [3.8, 4) is 0 Å². The van der Waals surface area contributed by atoms with Crippen molar-refractivity contribution < 1.29 is 0 Å². The Morgan fingerprint density at radius 3 is 2.17 bits per heavy atom. The fraction of sp³-hybridized carbons (Fsp3) is 1.00. The van der Waals surface area contributed by atoms with Crippen LogP contribution in [0.5, 0.6) is 0 Å². The van der Waals surface area contributed by atoms with E-state index in [1.165, 1.54) is 25.7 Å². The Morgan fingerprint density at radius 2 is 1.92 bits per heavy atom. The van der Waals surface area contributed by atoms with E-state index in [-0.39, 0.29) is 0 Å². The molecule has 0 heterocycles. The molecule has 2 aliphatic carbocycles. The Kier molecular flexibility index (Phi) is 1.63. The van der Waals surface area contributed by atoms with Crippen molar-refractivity contribution in [1.29, 1.82) is 0 Å². The molecular weight excluding hydrogens is 144 g/mol. The van der Waals surface area contributed by atoms with Crippen LogP contribution >= 0.6 is 0 Å². The van der Waals surface area contributed by atoms with Gasteiger partial charge in [0.05, 0.1) is 0 Å². The van der Waals surface area contributed by atoms with Gasteiger partial charge in [0.2, 0.25) is 0 Å². The van der Waals surface area contributed by atoms with Crippen LogP contribution in [0.25, 0.3) is 0 Å². The van der Waals surface area contributed by atoms with Crippen molar-refractivity contribution in [3.05, 3.63) is 0 Å². The minimum absolute atomic E-state index is 0.633. The first-order chi connectivity index (χ1) is 5.52. The quantitative estimate of drug-likeness (QED) is 0.555. The van der Waals surface area contributed by atoms with Crippen LogP contribution < -0.4 is 0 Å². The van der Waals surface area contributed by atoms with Crippen LogP contribution in [0.3, 0.4) is 0 Å². The molecule has 3 atom stereocenters. The van der Waals surface area contributed by atoms with Gasteiger partial charge in [-0.1, -0.05) is 34.1 Å². The van der Waals surface area contributed by atoms with Crippen LogP contribution in [-0.2, 0) is 0 Å². The highest BCUT2D eigenvalue weighted by Crippen LogP contribution is 2.68. The third kappa shape index (κ3) is 0.744. The van der Waals surface area contributed by atoms with Crippen molar-refractivity contribution in [2.45, 2.75) is 53.4 Å². The van der Waals surface area contributed by atoms with E-state index >= 15 is 0 Å². The third-order valence-electron chi connectivity index (χ3n) is 5.47. The zero-order chi connectivity index (χ0) is 8.98. The van der Waals surface area contributed by atoms with Crippen molar-refractivity contribution in [2.75, 3.05) is 0 Å². The average molecular weight is 166 g/mol. The molecule has 70 valence electrons. The summed E-state index contributed by atoms with van der Waals surface area (Å²) in [7, 11) is 0. The lowest BCUT2D eigenvalue weighted by atomic mass is 9.66. The Hall–Kier alpha value is 0. The van der Waals surface area contributed by atoms with Crippen molar-refractivity contribution in [2.24, 2.45) is 22.7 Å². The summed E-state index contributed by atoms with van der Waals surface area (Å²) in [6.07, 6.45) is 5.90. The second kappa shape index (κ2) is 2.27. The van der Waals surface area contributed by atoms with Gasteiger partial charge in [-0.15, -0.1) is 0 Å². The lowest BCUT2D eigenvalue weighted by Gasteiger charge is -2.39. The molecule has 0 nitrogen and oxygen atoms in total. The Labute approximate surface area is 76.7 Å². The molecule has 0 aromatic carbocycles. The topological polar surface area (TPSA) is 0 Å². The van der Waals surface area contributed by atoms with E-state index in [0.29, 0.717) is 10.8 Å². The Balaban J connectivity index is 2.33. The third-order valence-corrected chi connectivity index (χ3v) is 5.47. The monoisotopic (exact) mass is 166 g/mol. The van der Waals surface area contributed by atoms with Crippen LogP contribution in [0, 0.1) is 22.7 Å². The first-order valence-corrected chi connectivity index (χ1v) is 5.52. The minimum Gasteiger partial charge on any atom is -0.0651 e. The lowest BCUT2D eigenvalue weighted by molar-refractivity contribution is 0.100. The highest BCUT2D eigenvalue weighted by molar-refractivity contribution is 5.09. The smallest absolute Gasteiger partial charge is 0.0244 e. The van der Waals surface area contributed by atoms with Gasteiger partial charge in [0, 0.05) is 0 Å². The fourth-order valence-electron chi connectivity index (χ4n) is 3.99. The maximum Gasteiger partial charge on any atom is -0.0244 e. The van der Waals surface area contributed by atoms with Crippen molar-refractivity contribution in [3.63, 3.8) is 0 Å². The molecule has 1 unspecified atom stereocenters. The van der Waals surface area contributed by atoms with Crippen LogP contribution in [0.4, 0.5) is 0 Å². The molecule has 0 heteroatoms. The van der Waals surface area contributed by atoms with Gasteiger partial charge >= 0.3 is 0 Å². The van der Waals surface area contributed by atoms with Crippen molar-refractivity contribution >= 4 is 0 Å². The van der Waals surface area contributed by atoms with Crippen LogP contribution in [0.15, 0.2) is 0 Å². The van der Waals surface area contributed by atoms with Gasteiger partial charge in [-0.2, -0.15) is 0 Å². The first kappa shape index (κ1) is 8.59. The van der Waals surface area contributed by atoms with Gasteiger partial charge in [0.25, 0.3) is 0 Å². The number of rotatable bonds is 1. The van der Waals surface area contributed by atoms with Gasteiger partial charge in [0.1, 0.15) is 0 Å². The maximum atomic E-state index is 2.54. The molecular formula is C12H22. The molecule has 2 rings (SSSR count). The molecule has 0 amide bonds. The summed E-state index contributed by atoms with van der Waals surface area (Å²) in [5, 5.41) is 0. The van der Waals surface area contributed by atoms with E-state index in [0.717, 1.165) is 11.8 Å². The molecule has 2 fully saturated rings. The van der Waals surface area contributed by atoms with Crippen molar-refractivity contribution in [1.82, 2.24) is 0 Å². The summed E-state index contributed by atoms with van der Waals surface area (Å²) in [5.41, 5.74) is 1.31. The van der Waals surface area contributed by atoms with Gasteiger partial charge < -0.3 is 0 Å². The lowest BCUT2D eigenvalue weighted by Crippen LogP contribution is -2.31. The van der Waals surface area contributed by atoms with Gasteiger partial charge in [-0.3, -0.25) is 0 Å². The summed E-state index contributed by atoms with van der Waals surface area (Å²) in [4.78, 5) is 0. The molecule has 2 aliphatic rings. The largest absolute Gasteiger partial charge is 0.0651 e. The average Bonchev–Trinajstić information content (AvgIpc) is 2.34. The molecule has 2 saturated carbocycles. The predicted octanol–water partition coefficient (Wildman–Crippen LogP) is 3.86. The van der Waals surface area contributed by atoms with E-state index in [4.69, 9.17) is 0 Å². The highest BCUT2D eigenvalue weighted by atomic mass is 14.6. The second-order valence-electron chi connectivity index (χ2n) is 5.72. The fourth-order valence-corrected chi connectivity index (χ4v) is 3.99. The Bertz CT molecular complexity index is 192. The summed E-state index contributed by atoms with van der Waals surface area (Å²) in [6.45, 7) is 9.90. The SMILES string of the molecule is CCC1C[C@H]2CC[C@@]1(C)C2(C)C. The summed E-state index contributed by atoms with van der Waals surface area (Å²) < 4.78 is 0. The van der Waals surface area contributed by atoms with E-state index in [2.05, 4.69) is 27.7 Å². The number of hydrogen-bond donors (Lipinski definition) is 0. The molecule has 2 bridgehead atoms. The van der Waals surface area contributed by atoms with E-state index in [1.807, 2.05) is 0 Å².